The molecule has 0 saturated carbocycles. The van der Waals surface area contributed by atoms with Crippen molar-refractivity contribution < 1.29 is 4.39 Å². The quantitative estimate of drug-likeness (QED) is 0.178. The Morgan fingerprint density at radius 3 is 2.67 bits per heavy atom. The minimum absolute atomic E-state index is 0.173. The summed E-state index contributed by atoms with van der Waals surface area (Å²) in [6.07, 6.45) is 4.93. The highest BCUT2D eigenvalue weighted by molar-refractivity contribution is 8.00. The van der Waals surface area contributed by atoms with Gasteiger partial charge in [0.15, 0.2) is 5.82 Å². The SMILES string of the molecule is CCCSNc1cccc(-c2nc(-c3ccc(C4CCNCC4)cc3)sc2-c2ccnc(N)n2)c1F. The highest BCUT2D eigenvalue weighted by Crippen LogP contribution is 2.42. The van der Waals surface area contributed by atoms with Crippen molar-refractivity contribution in [1.29, 1.82) is 0 Å². The van der Waals surface area contributed by atoms with Gasteiger partial charge >= 0.3 is 0 Å². The number of anilines is 2. The molecule has 36 heavy (non-hydrogen) atoms. The van der Waals surface area contributed by atoms with E-state index < -0.39 is 0 Å². The van der Waals surface area contributed by atoms with E-state index in [1.54, 1.807) is 24.4 Å². The highest BCUT2D eigenvalue weighted by atomic mass is 32.2. The summed E-state index contributed by atoms with van der Waals surface area (Å²) in [7, 11) is 0. The van der Waals surface area contributed by atoms with Gasteiger partial charge in [-0.25, -0.2) is 19.3 Å². The van der Waals surface area contributed by atoms with Crippen molar-refractivity contribution >= 4 is 34.9 Å². The van der Waals surface area contributed by atoms with Gasteiger partial charge in [0.2, 0.25) is 5.95 Å². The molecule has 5 rings (SSSR count). The molecular weight excluding hydrogens is 491 g/mol. The van der Waals surface area contributed by atoms with E-state index in [2.05, 4.69) is 51.2 Å². The first-order valence-electron chi connectivity index (χ1n) is 12.2. The van der Waals surface area contributed by atoms with Crippen molar-refractivity contribution in [3.05, 3.63) is 66.1 Å². The Labute approximate surface area is 219 Å². The predicted octanol–water partition coefficient (Wildman–Crippen LogP) is 6.59. The number of benzene rings is 2. The molecule has 2 aromatic heterocycles. The molecule has 0 amide bonds. The van der Waals surface area contributed by atoms with Gasteiger partial charge in [-0.2, -0.15) is 0 Å². The summed E-state index contributed by atoms with van der Waals surface area (Å²) in [5, 5.41) is 4.24. The molecule has 6 nitrogen and oxygen atoms in total. The largest absolute Gasteiger partial charge is 0.368 e. The van der Waals surface area contributed by atoms with Gasteiger partial charge in [0.25, 0.3) is 0 Å². The maximum Gasteiger partial charge on any atom is 0.220 e. The van der Waals surface area contributed by atoms with Crippen LogP contribution >= 0.6 is 23.3 Å². The van der Waals surface area contributed by atoms with Crippen molar-refractivity contribution in [3.63, 3.8) is 0 Å². The average molecular weight is 521 g/mol. The number of rotatable bonds is 8. The molecule has 0 radical (unpaired) electrons. The van der Waals surface area contributed by atoms with Gasteiger partial charge in [-0.3, -0.25) is 0 Å². The van der Waals surface area contributed by atoms with Crippen molar-refractivity contribution in [3.8, 4) is 32.4 Å². The molecule has 1 fully saturated rings. The zero-order valence-corrected chi connectivity index (χ0v) is 21.8. The second-order valence-electron chi connectivity index (χ2n) is 8.76. The number of thiazole rings is 1. The van der Waals surface area contributed by atoms with Gasteiger partial charge in [-0.1, -0.05) is 49.2 Å². The number of aromatic nitrogens is 3. The molecular formula is C27H29FN6S2. The Balaban J connectivity index is 1.54. The molecule has 1 saturated heterocycles. The first kappa shape index (κ1) is 24.7. The van der Waals surface area contributed by atoms with Gasteiger partial charge in [-0.05, 0) is 62.0 Å². The molecule has 4 aromatic rings. The summed E-state index contributed by atoms with van der Waals surface area (Å²) < 4.78 is 18.8. The summed E-state index contributed by atoms with van der Waals surface area (Å²) in [6.45, 7) is 4.21. The molecule has 0 bridgehead atoms. The Bertz CT molecular complexity index is 1320. The van der Waals surface area contributed by atoms with E-state index in [0.29, 0.717) is 28.6 Å². The summed E-state index contributed by atoms with van der Waals surface area (Å²) in [5.74, 6) is 1.32. The maximum atomic E-state index is 15.7. The number of nitrogens with one attached hydrogen (secondary N) is 2. The normalized spacial score (nSPS) is 14.2. The third-order valence-electron chi connectivity index (χ3n) is 6.24. The van der Waals surface area contributed by atoms with E-state index in [-0.39, 0.29) is 11.8 Å². The summed E-state index contributed by atoms with van der Waals surface area (Å²) in [6, 6.07) is 15.8. The van der Waals surface area contributed by atoms with Crippen molar-refractivity contribution in [2.24, 2.45) is 0 Å². The van der Waals surface area contributed by atoms with E-state index in [1.165, 1.54) is 28.8 Å². The fourth-order valence-electron chi connectivity index (χ4n) is 4.38. The minimum Gasteiger partial charge on any atom is -0.368 e. The first-order chi connectivity index (χ1) is 17.6. The van der Waals surface area contributed by atoms with E-state index in [0.717, 1.165) is 53.6 Å². The van der Waals surface area contributed by atoms with Crippen LogP contribution in [0.3, 0.4) is 0 Å². The fourth-order valence-corrected chi connectivity index (χ4v) is 6.05. The lowest BCUT2D eigenvalue weighted by atomic mass is 9.90. The number of hydrogen-bond acceptors (Lipinski definition) is 8. The minimum atomic E-state index is -0.331. The zero-order valence-electron chi connectivity index (χ0n) is 20.1. The van der Waals surface area contributed by atoms with Crippen LogP contribution in [0.1, 0.15) is 37.7 Å². The van der Waals surface area contributed by atoms with E-state index in [9.17, 15) is 0 Å². The molecule has 186 valence electrons. The second-order valence-corrected chi connectivity index (χ2v) is 10.7. The standard InChI is InChI=1S/C27H29FN6S2/c1-2-16-35-34-21-5-3-4-20(23(21)28)24-25(22-12-15-31-27(29)32-22)36-26(33-24)19-8-6-17(7-9-19)18-10-13-30-14-11-18/h3-9,12,15,18,30,34H,2,10-11,13-14,16H2,1H3,(H2,29,31,32). The molecule has 1 aliphatic heterocycles. The predicted molar refractivity (Wildman–Crippen MR) is 150 cm³/mol. The van der Waals surface area contributed by atoms with Crippen LogP contribution in [0.2, 0.25) is 0 Å². The third-order valence-corrected chi connectivity index (χ3v) is 8.35. The van der Waals surface area contributed by atoms with Gasteiger partial charge in [0, 0.05) is 23.1 Å². The van der Waals surface area contributed by atoms with Crippen molar-refractivity contribution in [2.45, 2.75) is 32.1 Å². The molecule has 0 unspecified atom stereocenters. The van der Waals surface area contributed by atoms with Crippen molar-refractivity contribution in [2.75, 3.05) is 29.3 Å². The number of nitrogens with two attached hydrogens (primary N) is 1. The van der Waals surface area contributed by atoms with E-state index >= 15 is 4.39 Å². The number of halogens is 1. The van der Waals surface area contributed by atoms with Crippen LogP contribution in [0, 0.1) is 5.82 Å². The van der Waals surface area contributed by atoms with Gasteiger partial charge in [0.1, 0.15) is 5.01 Å². The van der Waals surface area contributed by atoms with Crippen LogP contribution in [-0.2, 0) is 0 Å². The van der Waals surface area contributed by atoms with Crippen LogP contribution in [0.15, 0.2) is 54.7 Å². The molecule has 9 heteroatoms. The van der Waals surface area contributed by atoms with Crippen LogP contribution in [0.4, 0.5) is 16.0 Å². The second kappa shape index (κ2) is 11.4. The van der Waals surface area contributed by atoms with E-state index in [1.807, 2.05) is 6.07 Å². The Hall–Kier alpha value is -3.01. The number of nitrogens with zero attached hydrogens (tertiary/aromatic N) is 3. The average Bonchev–Trinajstić information content (AvgIpc) is 3.36. The van der Waals surface area contributed by atoms with E-state index in [4.69, 9.17) is 10.7 Å². The van der Waals surface area contributed by atoms with Gasteiger partial charge in [0.05, 0.1) is 22.0 Å². The topological polar surface area (TPSA) is 88.8 Å². The molecule has 0 aliphatic carbocycles. The first-order valence-corrected chi connectivity index (χ1v) is 14.0. The lowest BCUT2D eigenvalue weighted by Gasteiger charge is -2.23. The lowest BCUT2D eigenvalue weighted by Crippen LogP contribution is -2.26. The Kier molecular flexibility index (Phi) is 7.79. The molecule has 4 N–H and O–H groups in total. The number of nitrogen functional groups attached to an aromatic ring is 1. The lowest BCUT2D eigenvalue weighted by molar-refractivity contribution is 0.460. The monoisotopic (exact) mass is 520 g/mol. The number of hydrogen-bond donors (Lipinski definition) is 3. The third kappa shape index (κ3) is 5.38. The van der Waals surface area contributed by atoms with Crippen LogP contribution in [0.25, 0.3) is 32.4 Å². The molecule has 1 aliphatic rings. The summed E-state index contributed by atoms with van der Waals surface area (Å²) in [4.78, 5) is 14.1. The fraction of sp³-hybridized carbons (Fsp3) is 0.296. The smallest absolute Gasteiger partial charge is 0.220 e. The summed E-state index contributed by atoms with van der Waals surface area (Å²) >= 11 is 2.98. The molecule has 3 heterocycles. The Morgan fingerprint density at radius 1 is 1.11 bits per heavy atom. The van der Waals surface area contributed by atoms with Crippen LogP contribution in [0.5, 0.6) is 0 Å². The number of piperidine rings is 1. The maximum absolute atomic E-state index is 15.7. The van der Waals surface area contributed by atoms with Gasteiger partial charge < -0.3 is 15.8 Å². The van der Waals surface area contributed by atoms with Gasteiger partial charge in [-0.15, -0.1) is 11.3 Å². The van der Waals surface area contributed by atoms with Crippen molar-refractivity contribution in [1.82, 2.24) is 20.3 Å². The summed E-state index contributed by atoms with van der Waals surface area (Å²) in [5.41, 5.74) is 10.3. The molecule has 2 aromatic carbocycles. The molecule has 0 spiro atoms. The van der Waals surface area contributed by atoms with Crippen LogP contribution in [-0.4, -0.2) is 33.8 Å². The zero-order chi connectivity index (χ0) is 24.9. The van der Waals surface area contributed by atoms with Crippen LogP contribution < -0.4 is 15.8 Å². The highest BCUT2D eigenvalue weighted by Gasteiger charge is 2.22. The Morgan fingerprint density at radius 2 is 1.92 bits per heavy atom. The molecule has 0 atom stereocenters.